The predicted molar refractivity (Wildman–Crippen MR) is 109 cm³/mol. The van der Waals surface area contributed by atoms with Crippen molar-refractivity contribution in [2.75, 3.05) is 5.32 Å². The quantitative estimate of drug-likeness (QED) is 0.455. The van der Waals surface area contributed by atoms with E-state index in [0.717, 1.165) is 33.4 Å². The van der Waals surface area contributed by atoms with Gasteiger partial charge < -0.3 is 5.32 Å². The molecule has 0 fully saturated rings. The Labute approximate surface area is 169 Å². The molecule has 4 rings (SSSR count). The van der Waals surface area contributed by atoms with E-state index in [9.17, 15) is 0 Å². The number of hydrogen-bond acceptors (Lipinski definition) is 6. The fraction of sp³-hybridized carbons (Fsp3) is 0.222. The molecule has 3 heterocycles. The van der Waals surface area contributed by atoms with Crippen LogP contribution >= 0.6 is 27.3 Å². The molecule has 0 radical (unpaired) electrons. The average Bonchev–Trinajstić information content (AvgIpc) is 3.40. The molecule has 1 aromatic carbocycles. The van der Waals surface area contributed by atoms with Gasteiger partial charge in [0, 0.05) is 18.5 Å². The number of anilines is 2. The molecule has 0 aliphatic carbocycles. The minimum absolute atomic E-state index is 0.0694. The van der Waals surface area contributed by atoms with E-state index in [-0.39, 0.29) is 6.04 Å². The molecule has 0 bridgehead atoms. The lowest BCUT2D eigenvalue weighted by molar-refractivity contribution is 0.503. The fourth-order valence-corrected chi connectivity index (χ4v) is 4.01. The van der Waals surface area contributed by atoms with Crippen LogP contribution in [0.25, 0.3) is 0 Å². The molecule has 27 heavy (non-hydrogen) atoms. The first-order valence-corrected chi connectivity index (χ1v) is 10.2. The lowest BCUT2D eigenvalue weighted by Crippen LogP contribution is -2.09. The van der Waals surface area contributed by atoms with Crippen molar-refractivity contribution in [1.82, 2.24) is 29.8 Å². The molecule has 1 N–H and O–H groups in total. The largest absolute Gasteiger partial charge is 0.313 e. The number of rotatable bonds is 7. The second-order valence-corrected chi connectivity index (χ2v) is 7.94. The van der Waals surface area contributed by atoms with Gasteiger partial charge in [0.25, 0.3) is 0 Å². The van der Waals surface area contributed by atoms with Gasteiger partial charge in [0.2, 0.25) is 5.13 Å². The Kier molecular flexibility index (Phi) is 5.30. The maximum atomic E-state index is 4.56. The van der Waals surface area contributed by atoms with Crippen molar-refractivity contribution in [2.45, 2.75) is 25.9 Å². The van der Waals surface area contributed by atoms with Crippen LogP contribution in [0.2, 0.25) is 0 Å². The molecule has 0 unspecified atom stereocenters. The van der Waals surface area contributed by atoms with Crippen molar-refractivity contribution < 1.29 is 0 Å². The van der Waals surface area contributed by atoms with Crippen LogP contribution in [-0.4, -0.2) is 29.8 Å². The molecule has 0 saturated carbocycles. The zero-order valence-electron chi connectivity index (χ0n) is 14.7. The number of nitrogens with zero attached hydrogens (tertiary/aromatic N) is 6. The lowest BCUT2D eigenvalue weighted by Gasteiger charge is -2.11. The van der Waals surface area contributed by atoms with Crippen LogP contribution in [0.5, 0.6) is 0 Å². The van der Waals surface area contributed by atoms with Gasteiger partial charge in [-0.25, -0.2) is 0 Å². The third-order valence-electron chi connectivity index (χ3n) is 4.06. The van der Waals surface area contributed by atoms with Crippen LogP contribution in [0.4, 0.5) is 10.9 Å². The first kappa shape index (κ1) is 17.9. The molecule has 7 nitrogen and oxygen atoms in total. The summed E-state index contributed by atoms with van der Waals surface area (Å²) in [5, 5.41) is 22.4. The average molecular weight is 444 g/mol. The predicted octanol–water partition coefficient (Wildman–Crippen LogP) is 4.48. The molecule has 3 aromatic heterocycles. The highest BCUT2D eigenvalue weighted by Crippen LogP contribution is 2.29. The van der Waals surface area contributed by atoms with Gasteiger partial charge in [0.1, 0.15) is 11.0 Å². The van der Waals surface area contributed by atoms with E-state index in [0.29, 0.717) is 0 Å². The summed E-state index contributed by atoms with van der Waals surface area (Å²) in [5.41, 5.74) is 1.21. The SMILES string of the molecule is CC[C@@H](c1nnc(Nc2ccn(Cc3ccccc3)n2)s1)n1cc(Br)cn1. The fourth-order valence-electron chi connectivity index (χ4n) is 2.78. The number of benzene rings is 1. The zero-order valence-corrected chi connectivity index (χ0v) is 17.1. The van der Waals surface area contributed by atoms with Crippen molar-refractivity contribution in [1.29, 1.82) is 0 Å². The summed E-state index contributed by atoms with van der Waals surface area (Å²) in [6.07, 6.45) is 6.57. The van der Waals surface area contributed by atoms with E-state index >= 15 is 0 Å². The van der Waals surface area contributed by atoms with Gasteiger partial charge >= 0.3 is 0 Å². The van der Waals surface area contributed by atoms with Crippen molar-refractivity contribution in [3.05, 3.63) is 70.0 Å². The maximum absolute atomic E-state index is 4.56. The van der Waals surface area contributed by atoms with E-state index in [2.05, 4.69) is 60.7 Å². The van der Waals surface area contributed by atoms with E-state index in [1.165, 1.54) is 16.9 Å². The summed E-state index contributed by atoms with van der Waals surface area (Å²) < 4.78 is 4.76. The summed E-state index contributed by atoms with van der Waals surface area (Å²) in [4.78, 5) is 0. The molecule has 0 amide bonds. The Morgan fingerprint density at radius 3 is 2.78 bits per heavy atom. The molecule has 4 aromatic rings. The molecule has 0 spiro atoms. The first-order chi connectivity index (χ1) is 13.2. The highest BCUT2D eigenvalue weighted by Gasteiger charge is 2.18. The van der Waals surface area contributed by atoms with Crippen molar-refractivity contribution >= 4 is 38.2 Å². The standard InChI is InChI=1S/C18H18BrN7S/c1-2-15(26-12-14(19)10-20-26)17-22-23-18(27-17)21-16-8-9-25(24-16)11-13-6-4-3-5-7-13/h3-10,12,15H,2,11H2,1H3,(H,21,23,24)/t15-/m0/s1. The van der Waals surface area contributed by atoms with Crippen LogP contribution < -0.4 is 5.32 Å². The number of aromatic nitrogens is 6. The monoisotopic (exact) mass is 443 g/mol. The minimum atomic E-state index is 0.0694. The number of hydrogen-bond donors (Lipinski definition) is 1. The Balaban J connectivity index is 1.45. The summed E-state index contributed by atoms with van der Waals surface area (Å²) in [5.74, 6) is 0.753. The highest BCUT2D eigenvalue weighted by atomic mass is 79.9. The maximum Gasteiger partial charge on any atom is 0.211 e. The highest BCUT2D eigenvalue weighted by molar-refractivity contribution is 9.10. The third kappa shape index (κ3) is 4.25. The summed E-state index contributed by atoms with van der Waals surface area (Å²) >= 11 is 4.96. The summed E-state index contributed by atoms with van der Waals surface area (Å²) in [6.45, 7) is 2.84. The van der Waals surface area contributed by atoms with E-state index < -0.39 is 0 Å². The van der Waals surface area contributed by atoms with Crippen molar-refractivity contribution in [3.8, 4) is 0 Å². The van der Waals surface area contributed by atoms with Crippen LogP contribution in [-0.2, 0) is 6.54 Å². The van der Waals surface area contributed by atoms with E-state index in [1.807, 2.05) is 46.0 Å². The number of nitrogens with one attached hydrogen (secondary N) is 1. The van der Waals surface area contributed by atoms with Gasteiger partial charge in [-0.15, -0.1) is 10.2 Å². The van der Waals surface area contributed by atoms with Crippen LogP contribution in [0, 0.1) is 0 Å². The second-order valence-electron chi connectivity index (χ2n) is 6.02. The molecule has 0 aliphatic heterocycles. The lowest BCUT2D eigenvalue weighted by atomic mass is 10.2. The van der Waals surface area contributed by atoms with E-state index in [4.69, 9.17) is 0 Å². The van der Waals surface area contributed by atoms with Gasteiger partial charge in [-0.3, -0.25) is 9.36 Å². The van der Waals surface area contributed by atoms with Gasteiger partial charge in [-0.05, 0) is 27.9 Å². The first-order valence-electron chi connectivity index (χ1n) is 8.58. The molecule has 1 atom stereocenters. The molecule has 138 valence electrons. The Morgan fingerprint density at radius 2 is 2.04 bits per heavy atom. The summed E-state index contributed by atoms with van der Waals surface area (Å²) in [6, 6.07) is 12.3. The third-order valence-corrected chi connectivity index (χ3v) is 5.41. The second kappa shape index (κ2) is 8.01. The van der Waals surface area contributed by atoms with Crippen LogP contribution in [0.1, 0.15) is 30.0 Å². The Bertz CT molecular complexity index is 1010. The zero-order chi connectivity index (χ0) is 18.6. The Morgan fingerprint density at radius 1 is 1.19 bits per heavy atom. The summed E-state index contributed by atoms with van der Waals surface area (Å²) in [7, 11) is 0. The normalized spacial score (nSPS) is 12.2. The van der Waals surface area contributed by atoms with Gasteiger partial charge in [-0.2, -0.15) is 10.2 Å². The van der Waals surface area contributed by atoms with Crippen molar-refractivity contribution in [2.24, 2.45) is 0 Å². The topological polar surface area (TPSA) is 73.5 Å². The van der Waals surface area contributed by atoms with Gasteiger partial charge in [-0.1, -0.05) is 48.6 Å². The van der Waals surface area contributed by atoms with Crippen LogP contribution in [0.15, 0.2) is 59.5 Å². The minimum Gasteiger partial charge on any atom is -0.313 e. The molecule has 0 saturated heterocycles. The molecular weight excluding hydrogens is 426 g/mol. The van der Waals surface area contributed by atoms with Crippen LogP contribution in [0.3, 0.4) is 0 Å². The smallest absolute Gasteiger partial charge is 0.211 e. The van der Waals surface area contributed by atoms with Crippen molar-refractivity contribution in [3.63, 3.8) is 0 Å². The molecular formula is C18H18BrN7S. The Hall–Kier alpha value is -2.52. The van der Waals surface area contributed by atoms with Gasteiger partial charge in [0.15, 0.2) is 5.82 Å². The number of halogens is 1. The van der Waals surface area contributed by atoms with Gasteiger partial charge in [0.05, 0.1) is 17.2 Å². The molecule has 0 aliphatic rings. The molecule has 9 heteroatoms. The van der Waals surface area contributed by atoms with E-state index in [1.54, 1.807) is 6.20 Å².